The molecule has 0 aliphatic rings. The Kier molecular flexibility index (Phi) is 2.91. The molecule has 3 aromatic rings. The van der Waals surface area contributed by atoms with Crippen molar-refractivity contribution >= 4 is 20.7 Å². The van der Waals surface area contributed by atoms with Gasteiger partial charge in [-0.25, -0.2) is 8.42 Å². The SMILES string of the molecule is Cc1[nH]c2c(S(=O)(=O)c3ccccc3)cccc2c1C. The molecule has 102 valence electrons. The van der Waals surface area contributed by atoms with Crippen molar-refractivity contribution in [1.82, 2.24) is 4.98 Å². The fourth-order valence-corrected chi connectivity index (χ4v) is 3.86. The zero-order valence-corrected chi connectivity index (χ0v) is 12.2. The molecule has 0 aliphatic heterocycles. The molecule has 3 rings (SSSR count). The summed E-state index contributed by atoms with van der Waals surface area (Å²) in [6.45, 7) is 3.95. The van der Waals surface area contributed by atoms with Gasteiger partial charge < -0.3 is 4.98 Å². The number of H-pyrrole nitrogens is 1. The number of para-hydroxylation sites is 1. The number of hydrogen-bond acceptors (Lipinski definition) is 2. The molecule has 1 aromatic heterocycles. The Bertz CT molecular complexity index is 877. The second-order valence-corrected chi connectivity index (χ2v) is 6.79. The third-order valence-electron chi connectivity index (χ3n) is 3.65. The highest BCUT2D eigenvalue weighted by molar-refractivity contribution is 7.91. The summed E-state index contributed by atoms with van der Waals surface area (Å²) in [6, 6.07) is 13.9. The van der Waals surface area contributed by atoms with E-state index in [1.165, 1.54) is 0 Å². The van der Waals surface area contributed by atoms with Crippen LogP contribution in [0, 0.1) is 13.8 Å². The van der Waals surface area contributed by atoms with Crippen LogP contribution in [0.2, 0.25) is 0 Å². The fourth-order valence-electron chi connectivity index (χ4n) is 2.41. The van der Waals surface area contributed by atoms with Crippen LogP contribution in [0.15, 0.2) is 58.3 Å². The van der Waals surface area contributed by atoms with E-state index in [-0.39, 0.29) is 0 Å². The topological polar surface area (TPSA) is 49.9 Å². The van der Waals surface area contributed by atoms with Gasteiger partial charge in [-0.1, -0.05) is 30.3 Å². The van der Waals surface area contributed by atoms with Gasteiger partial charge in [-0.05, 0) is 37.6 Å². The molecule has 0 unspecified atom stereocenters. The Labute approximate surface area is 118 Å². The zero-order chi connectivity index (χ0) is 14.3. The van der Waals surface area contributed by atoms with Crippen molar-refractivity contribution in [3.05, 3.63) is 59.8 Å². The van der Waals surface area contributed by atoms with E-state index >= 15 is 0 Å². The number of aromatic nitrogens is 1. The van der Waals surface area contributed by atoms with E-state index < -0.39 is 9.84 Å². The van der Waals surface area contributed by atoms with Crippen molar-refractivity contribution in [2.75, 3.05) is 0 Å². The smallest absolute Gasteiger partial charge is 0.208 e. The van der Waals surface area contributed by atoms with Crippen molar-refractivity contribution in [2.45, 2.75) is 23.6 Å². The Morgan fingerprint density at radius 1 is 0.900 bits per heavy atom. The van der Waals surface area contributed by atoms with Gasteiger partial charge in [0.15, 0.2) is 0 Å². The molecule has 2 aromatic carbocycles. The first kappa shape index (κ1) is 12.9. The Hall–Kier alpha value is -2.07. The summed E-state index contributed by atoms with van der Waals surface area (Å²) in [5, 5.41) is 0.958. The maximum Gasteiger partial charge on any atom is 0.208 e. The van der Waals surface area contributed by atoms with Gasteiger partial charge in [0.1, 0.15) is 0 Å². The second-order valence-electron chi connectivity index (χ2n) is 4.87. The van der Waals surface area contributed by atoms with Crippen LogP contribution in [0.5, 0.6) is 0 Å². The minimum atomic E-state index is -3.50. The third kappa shape index (κ3) is 1.84. The second kappa shape index (κ2) is 4.49. The maximum atomic E-state index is 12.7. The van der Waals surface area contributed by atoms with Gasteiger partial charge in [0.05, 0.1) is 15.3 Å². The number of fused-ring (bicyclic) bond motifs is 1. The van der Waals surface area contributed by atoms with Crippen LogP contribution in [-0.4, -0.2) is 13.4 Å². The van der Waals surface area contributed by atoms with E-state index in [1.807, 2.05) is 26.0 Å². The highest BCUT2D eigenvalue weighted by Crippen LogP contribution is 2.30. The Morgan fingerprint density at radius 2 is 1.60 bits per heavy atom. The average molecular weight is 285 g/mol. The molecule has 4 heteroatoms. The van der Waals surface area contributed by atoms with Crippen molar-refractivity contribution < 1.29 is 8.42 Å². The monoisotopic (exact) mass is 285 g/mol. The maximum absolute atomic E-state index is 12.7. The van der Waals surface area contributed by atoms with Crippen LogP contribution in [0.3, 0.4) is 0 Å². The molecule has 0 aliphatic carbocycles. The lowest BCUT2D eigenvalue weighted by Crippen LogP contribution is -2.02. The van der Waals surface area contributed by atoms with Crippen LogP contribution >= 0.6 is 0 Å². The molecule has 0 radical (unpaired) electrons. The molecule has 1 N–H and O–H groups in total. The molecule has 0 saturated carbocycles. The Morgan fingerprint density at radius 3 is 2.30 bits per heavy atom. The van der Waals surface area contributed by atoms with Crippen LogP contribution in [0.1, 0.15) is 11.3 Å². The normalized spacial score (nSPS) is 11.9. The molecular weight excluding hydrogens is 270 g/mol. The average Bonchev–Trinajstić information content (AvgIpc) is 2.75. The molecule has 0 fully saturated rings. The molecule has 3 nitrogen and oxygen atoms in total. The van der Waals surface area contributed by atoms with Crippen LogP contribution in [-0.2, 0) is 9.84 Å². The first-order valence-electron chi connectivity index (χ1n) is 6.40. The van der Waals surface area contributed by atoms with Crippen molar-refractivity contribution in [3.63, 3.8) is 0 Å². The van der Waals surface area contributed by atoms with Crippen LogP contribution < -0.4 is 0 Å². The number of aryl methyl sites for hydroxylation is 2. The van der Waals surface area contributed by atoms with Crippen LogP contribution in [0.4, 0.5) is 0 Å². The van der Waals surface area contributed by atoms with E-state index in [2.05, 4.69) is 4.98 Å². The summed E-state index contributed by atoms with van der Waals surface area (Å²) in [7, 11) is -3.50. The lowest BCUT2D eigenvalue weighted by atomic mass is 10.1. The Balaban J connectivity index is 2.33. The van der Waals surface area contributed by atoms with E-state index in [9.17, 15) is 8.42 Å². The van der Waals surface area contributed by atoms with E-state index in [0.29, 0.717) is 15.3 Å². The molecule has 0 bridgehead atoms. The molecule has 1 heterocycles. The molecule has 0 atom stereocenters. The summed E-state index contributed by atoms with van der Waals surface area (Å²) in [5.41, 5.74) is 2.77. The standard InChI is InChI=1S/C16H15NO2S/c1-11-12(2)17-16-14(11)9-6-10-15(16)20(18,19)13-7-4-3-5-8-13/h3-10,17H,1-2H3. The molecule has 0 saturated heterocycles. The van der Waals surface area contributed by atoms with E-state index in [0.717, 1.165) is 16.6 Å². The summed E-state index contributed by atoms with van der Waals surface area (Å²) in [5.74, 6) is 0. The predicted molar refractivity (Wildman–Crippen MR) is 79.7 cm³/mol. The summed E-state index contributed by atoms with van der Waals surface area (Å²) in [6.07, 6.45) is 0. The van der Waals surface area contributed by atoms with Gasteiger partial charge in [0, 0.05) is 11.1 Å². The summed E-state index contributed by atoms with van der Waals surface area (Å²) in [4.78, 5) is 3.84. The third-order valence-corrected chi connectivity index (χ3v) is 5.46. The summed E-state index contributed by atoms with van der Waals surface area (Å²) < 4.78 is 25.5. The van der Waals surface area contributed by atoms with E-state index in [1.54, 1.807) is 36.4 Å². The van der Waals surface area contributed by atoms with Crippen molar-refractivity contribution in [3.8, 4) is 0 Å². The molecular formula is C16H15NO2S. The molecule has 0 amide bonds. The minimum Gasteiger partial charge on any atom is -0.357 e. The van der Waals surface area contributed by atoms with Gasteiger partial charge >= 0.3 is 0 Å². The number of benzene rings is 2. The largest absolute Gasteiger partial charge is 0.357 e. The molecule has 20 heavy (non-hydrogen) atoms. The van der Waals surface area contributed by atoms with E-state index in [4.69, 9.17) is 0 Å². The lowest BCUT2D eigenvalue weighted by Gasteiger charge is -2.06. The predicted octanol–water partition coefficient (Wildman–Crippen LogP) is 3.62. The van der Waals surface area contributed by atoms with Gasteiger partial charge in [0.2, 0.25) is 9.84 Å². The minimum absolute atomic E-state index is 0.317. The highest BCUT2D eigenvalue weighted by atomic mass is 32.2. The lowest BCUT2D eigenvalue weighted by molar-refractivity contribution is 0.597. The van der Waals surface area contributed by atoms with Crippen LogP contribution in [0.25, 0.3) is 10.9 Å². The van der Waals surface area contributed by atoms with Crippen molar-refractivity contribution in [1.29, 1.82) is 0 Å². The molecule has 0 spiro atoms. The van der Waals surface area contributed by atoms with Gasteiger partial charge in [-0.15, -0.1) is 0 Å². The fraction of sp³-hybridized carbons (Fsp3) is 0.125. The number of sulfone groups is 1. The van der Waals surface area contributed by atoms with Gasteiger partial charge in [-0.2, -0.15) is 0 Å². The number of aromatic amines is 1. The zero-order valence-electron chi connectivity index (χ0n) is 11.3. The number of hydrogen-bond donors (Lipinski definition) is 1. The first-order valence-corrected chi connectivity index (χ1v) is 7.88. The first-order chi connectivity index (χ1) is 9.51. The quantitative estimate of drug-likeness (QED) is 0.782. The van der Waals surface area contributed by atoms with Gasteiger partial charge in [-0.3, -0.25) is 0 Å². The number of nitrogens with one attached hydrogen (secondary N) is 1. The highest BCUT2D eigenvalue weighted by Gasteiger charge is 2.21. The summed E-state index contributed by atoms with van der Waals surface area (Å²) >= 11 is 0. The van der Waals surface area contributed by atoms with Gasteiger partial charge in [0.25, 0.3) is 0 Å². The number of rotatable bonds is 2. The van der Waals surface area contributed by atoms with Crippen molar-refractivity contribution in [2.24, 2.45) is 0 Å².